The van der Waals surface area contributed by atoms with Crippen LogP contribution in [0.4, 0.5) is 0 Å². The fourth-order valence-electron chi connectivity index (χ4n) is 2.31. The first kappa shape index (κ1) is 22.2. The summed E-state index contributed by atoms with van der Waals surface area (Å²) in [6.07, 6.45) is 6.30. The standard InChI is InChI=1S/C17H35NO4Si/c1-7-8-9-10-11-12-15(13-18(20)21)16(14-19)22-23(5,6)17(2,3)4/h14-16H,7-13H2,1-6H3/t15-,16+/m0/s1. The molecule has 0 spiro atoms. The predicted molar refractivity (Wildman–Crippen MR) is 96.9 cm³/mol. The molecule has 0 bridgehead atoms. The molecule has 2 atom stereocenters. The van der Waals surface area contributed by atoms with Gasteiger partial charge >= 0.3 is 0 Å². The lowest BCUT2D eigenvalue weighted by atomic mass is 9.95. The SMILES string of the molecule is CCCCCCC[C@@H](C[N+](=O)[O-])[C@@H](C=O)O[Si](C)(C)C(C)(C)C. The number of unbranched alkanes of at least 4 members (excludes halogenated alkanes) is 4. The number of hydrogen-bond donors (Lipinski definition) is 0. The van der Waals surface area contributed by atoms with Crippen LogP contribution >= 0.6 is 0 Å². The highest BCUT2D eigenvalue weighted by molar-refractivity contribution is 6.74. The molecule has 0 fully saturated rings. The van der Waals surface area contributed by atoms with Gasteiger partial charge in [0.1, 0.15) is 12.4 Å². The van der Waals surface area contributed by atoms with Crippen LogP contribution in [0, 0.1) is 16.0 Å². The molecule has 0 saturated carbocycles. The molecule has 23 heavy (non-hydrogen) atoms. The van der Waals surface area contributed by atoms with E-state index in [4.69, 9.17) is 4.43 Å². The maximum Gasteiger partial charge on any atom is 0.209 e. The first-order valence-electron chi connectivity index (χ1n) is 8.80. The monoisotopic (exact) mass is 345 g/mol. The molecule has 6 heteroatoms. The zero-order chi connectivity index (χ0) is 18.1. The Morgan fingerprint density at radius 2 is 1.74 bits per heavy atom. The Kier molecular flexibility index (Phi) is 9.85. The van der Waals surface area contributed by atoms with Gasteiger partial charge in [-0.3, -0.25) is 10.1 Å². The summed E-state index contributed by atoms with van der Waals surface area (Å²) in [5.74, 6) is -0.321. The number of hydrogen-bond acceptors (Lipinski definition) is 4. The van der Waals surface area contributed by atoms with E-state index >= 15 is 0 Å². The van der Waals surface area contributed by atoms with Gasteiger partial charge in [-0.15, -0.1) is 0 Å². The second-order valence-electron chi connectivity index (χ2n) is 7.96. The highest BCUT2D eigenvalue weighted by Gasteiger charge is 2.41. The van der Waals surface area contributed by atoms with Gasteiger partial charge < -0.3 is 9.22 Å². The van der Waals surface area contributed by atoms with E-state index in [-0.39, 0.29) is 22.4 Å². The average Bonchev–Trinajstić information content (AvgIpc) is 2.41. The maximum absolute atomic E-state index is 11.5. The van der Waals surface area contributed by atoms with E-state index < -0.39 is 14.4 Å². The number of rotatable bonds is 12. The van der Waals surface area contributed by atoms with Crippen molar-refractivity contribution in [2.75, 3.05) is 6.54 Å². The normalized spacial score (nSPS) is 15.2. The third kappa shape index (κ3) is 8.60. The molecule has 0 heterocycles. The van der Waals surface area contributed by atoms with Crippen LogP contribution < -0.4 is 0 Å². The topological polar surface area (TPSA) is 69.4 Å². The molecule has 5 nitrogen and oxygen atoms in total. The Bertz CT molecular complexity index is 366. The summed E-state index contributed by atoms with van der Waals surface area (Å²) in [5, 5.41) is 11.0. The molecule has 0 aromatic carbocycles. The van der Waals surface area contributed by atoms with Crippen molar-refractivity contribution < 1.29 is 14.1 Å². The van der Waals surface area contributed by atoms with Gasteiger partial charge in [-0.25, -0.2) is 0 Å². The Labute approximate surface area is 142 Å². The zero-order valence-corrected chi connectivity index (χ0v) is 16.8. The molecule has 0 N–H and O–H groups in total. The summed E-state index contributed by atoms with van der Waals surface area (Å²) in [4.78, 5) is 22.2. The van der Waals surface area contributed by atoms with Gasteiger partial charge in [-0.05, 0) is 24.6 Å². The first-order chi connectivity index (χ1) is 10.5. The fourth-order valence-corrected chi connectivity index (χ4v) is 3.60. The molecule has 0 radical (unpaired) electrons. The summed E-state index contributed by atoms with van der Waals surface area (Å²) in [6, 6.07) is 0. The number of carbonyl (C=O) groups is 1. The van der Waals surface area contributed by atoms with Gasteiger partial charge in [0.05, 0.1) is 5.92 Å². The number of carbonyl (C=O) groups excluding carboxylic acids is 1. The molecule has 0 unspecified atom stereocenters. The van der Waals surface area contributed by atoms with E-state index in [0.717, 1.165) is 25.5 Å². The van der Waals surface area contributed by atoms with E-state index in [2.05, 4.69) is 40.8 Å². The summed E-state index contributed by atoms with van der Waals surface area (Å²) >= 11 is 0. The van der Waals surface area contributed by atoms with Crippen LogP contribution in [0.2, 0.25) is 18.1 Å². The molecule has 0 amide bonds. The summed E-state index contributed by atoms with van der Waals surface area (Å²) < 4.78 is 6.16. The lowest BCUT2D eigenvalue weighted by Crippen LogP contribution is -2.47. The average molecular weight is 346 g/mol. The van der Waals surface area contributed by atoms with Crippen LogP contribution in [0.5, 0.6) is 0 Å². The predicted octanol–water partition coefficient (Wildman–Crippen LogP) is 4.83. The van der Waals surface area contributed by atoms with Gasteiger partial charge in [0, 0.05) is 4.92 Å². The fraction of sp³-hybridized carbons (Fsp3) is 0.941. The van der Waals surface area contributed by atoms with E-state index in [1.165, 1.54) is 12.8 Å². The third-order valence-electron chi connectivity index (χ3n) is 4.90. The molecule has 0 aliphatic carbocycles. The molecule has 0 saturated heterocycles. The summed E-state index contributed by atoms with van der Waals surface area (Å²) in [6.45, 7) is 12.4. The van der Waals surface area contributed by atoms with Crippen molar-refractivity contribution in [1.82, 2.24) is 0 Å². The minimum absolute atomic E-state index is 0.0193. The Hall–Kier alpha value is -0.753. The quantitative estimate of drug-likeness (QED) is 0.167. The van der Waals surface area contributed by atoms with Crippen molar-refractivity contribution in [2.24, 2.45) is 5.92 Å². The van der Waals surface area contributed by atoms with E-state index in [1.54, 1.807) is 0 Å². The van der Waals surface area contributed by atoms with Gasteiger partial charge in [0.15, 0.2) is 8.32 Å². The first-order valence-corrected chi connectivity index (χ1v) is 11.7. The van der Waals surface area contributed by atoms with Crippen molar-refractivity contribution in [2.45, 2.75) is 90.5 Å². The highest BCUT2D eigenvalue weighted by atomic mass is 28.4. The largest absolute Gasteiger partial charge is 0.407 e. The zero-order valence-electron chi connectivity index (χ0n) is 15.8. The third-order valence-corrected chi connectivity index (χ3v) is 9.37. The molecule has 0 rings (SSSR count). The summed E-state index contributed by atoms with van der Waals surface area (Å²) in [7, 11) is -2.12. The van der Waals surface area contributed by atoms with Crippen molar-refractivity contribution in [3.63, 3.8) is 0 Å². The molecule has 0 aliphatic rings. The van der Waals surface area contributed by atoms with Crippen molar-refractivity contribution in [3.05, 3.63) is 10.1 Å². The van der Waals surface area contributed by atoms with Gasteiger partial charge in [0.25, 0.3) is 0 Å². The molecule has 0 aromatic heterocycles. The van der Waals surface area contributed by atoms with Crippen LogP contribution in [0.1, 0.15) is 66.2 Å². The van der Waals surface area contributed by atoms with Crippen molar-refractivity contribution in [1.29, 1.82) is 0 Å². The van der Waals surface area contributed by atoms with Gasteiger partial charge in [-0.1, -0.05) is 59.8 Å². The highest BCUT2D eigenvalue weighted by Crippen LogP contribution is 2.38. The van der Waals surface area contributed by atoms with Gasteiger partial charge in [0.2, 0.25) is 6.54 Å². The number of aldehydes is 1. The van der Waals surface area contributed by atoms with E-state index in [9.17, 15) is 14.9 Å². The number of nitro groups is 1. The lowest BCUT2D eigenvalue weighted by Gasteiger charge is -2.39. The molecule has 0 aliphatic heterocycles. The molecular formula is C17H35NO4Si. The minimum Gasteiger partial charge on any atom is -0.407 e. The smallest absolute Gasteiger partial charge is 0.209 e. The second-order valence-corrected chi connectivity index (χ2v) is 12.7. The minimum atomic E-state index is -2.12. The van der Waals surface area contributed by atoms with Gasteiger partial charge in [-0.2, -0.15) is 0 Å². The van der Waals surface area contributed by atoms with Crippen LogP contribution in [0.15, 0.2) is 0 Å². The second kappa shape index (κ2) is 10.2. The summed E-state index contributed by atoms with van der Waals surface area (Å²) in [5.41, 5.74) is 0. The van der Waals surface area contributed by atoms with E-state index in [0.29, 0.717) is 6.42 Å². The van der Waals surface area contributed by atoms with Crippen LogP contribution in [0.25, 0.3) is 0 Å². The van der Waals surface area contributed by atoms with Crippen LogP contribution in [-0.4, -0.2) is 32.2 Å². The maximum atomic E-state index is 11.5. The van der Waals surface area contributed by atoms with Crippen LogP contribution in [0.3, 0.4) is 0 Å². The molecule has 136 valence electrons. The van der Waals surface area contributed by atoms with E-state index in [1.807, 2.05) is 0 Å². The van der Waals surface area contributed by atoms with Crippen molar-refractivity contribution in [3.8, 4) is 0 Å². The lowest BCUT2D eigenvalue weighted by molar-refractivity contribution is -0.489. The van der Waals surface area contributed by atoms with Crippen LogP contribution in [-0.2, 0) is 9.22 Å². The number of nitrogens with zero attached hydrogens (tertiary/aromatic N) is 1. The molecule has 0 aromatic rings. The van der Waals surface area contributed by atoms with Crippen molar-refractivity contribution >= 4 is 14.6 Å². The Balaban J connectivity index is 4.82. The Morgan fingerprint density at radius 1 is 1.17 bits per heavy atom. The Morgan fingerprint density at radius 3 is 2.17 bits per heavy atom. The molecular weight excluding hydrogens is 310 g/mol.